The average molecular weight is 260 g/mol. The van der Waals surface area contributed by atoms with Crippen molar-refractivity contribution in [1.29, 1.82) is 0 Å². The second-order valence-corrected chi connectivity index (χ2v) is 4.68. The summed E-state index contributed by atoms with van der Waals surface area (Å²) in [7, 11) is 0. The maximum atomic E-state index is 12.2. The van der Waals surface area contributed by atoms with Crippen LogP contribution in [0.3, 0.4) is 0 Å². The summed E-state index contributed by atoms with van der Waals surface area (Å²) in [6, 6.07) is 3.56. The minimum absolute atomic E-state index is 0.00195. The topological polar surface area (TPSA) is 80.6 Å². The largest absolute Gasteiger partial charge is 0.480 e. The predicted molar refractivity (Wildman–Crippen MR) is 64.5 cm³/mol. The van der Waals surface area contributed by atoms with Crippen molar-refractivity contribution in [2.75, 3.05) is 0 Å². The van der Waals surface area contributed by atoms with Crippen LogP contribution in [0.2, 0.25) is 0 Å². The van der Waals surface area contributed by atoms with E-state index in [0.717, 1.165) is 0 Å². The summed E-state index contributed by atoms with van der Waals surface area (Å²) in [5.41, 5.74) is 0.228. The van der Waals surface area contributed by atoms with Gasteiger partial charge in [0.15, 0.2) is 11.6 Å². The van der Waals surface area contributed by atoms with E-state index in [4.69, 9.17) is 8.83 Å². The van der Waals surface area contributed by atoms with Crippen molar-refractivity contribution < 1.29 is 23.5 Å². The minimum Gasteiger partial charge on any atom is -0.480 e. The molecule has 0 spiro atoms. The highest BCUT2D eigenvalue weighted by atomic mass is 16.5. The van der Waals surface area contributed by atoms with Crippen LogP contribution in [0, 0.1) is 0 Å². The van der Waals surface area contributed by atoms with Gasteiger partial charge in [0.1, 0.15) is 17.1 Å². The minimum atomic E-state index is -0.467. The smallest absolute Gasteiger partial charge is 0.294 e. The SMILES string of the molecule is CC(=O)c1c(O)oc2c1C(=O)CC(c1ccco1)C2. The van der Waals surface area contributed by atoms with Crippen molar-refractivity contribution in [2.24, 2.45) is 0 Å². The van der Waals surface area contributed by atoms with E-state index in [9.17, 15) is 14.7 Å². The second kappa shape index (κ2) is 4.12. The van der Waals surface area contributed by atoms with Crippen LogP contribution < -0.4 is 0 Å². The van der Waals surface area contributed by atoms with E-state index < -0.39 is 5.95 Å². The fraction of sp³-hybridized carbons (Fsp3) is 0.286. The maximum absolute atomic E-state index is 12.2. The third-order valence-corrected chi connectivity index (χ3v) is 3.40. The lowest BCUT2D eigenvalue weighted by molar-refractivity contribution is 0.0942. The summed E-state index contributed by atoms with van der Waals surface area (Å²) in [4.78, 5) is 23.6. The van der Waals surface area contributed by atoms with Gasteiger partial charge in [-0.1, -0.05) is 0 Å². The average Bonchev–Trinajstić information content (AvgIpc) is 2.94. The van der Waals surface area contributed by atoms with Crippen molar-refractivity contribution in [3.63, 3.8) is 0 Å². The van der Waals surface area contributed by atoms with Gasteiger partial charge in [-0.15, -0.1) is 0 Å². The molecule has 5 nitrogen and oxygen atoms in total. The Hall–Kier alpha value is -2.30. The number of furan rings is 2. The van der Waals surface area contributed by atoms with E-state index in [1.165, 1.54) is 6.92 Å². The van der Waals surface area contributed by atoms with Crippen molar-refractivity contribution in [2.45, 2.75) is 25.7 Å². The number of ketones is 2. The van der Waals surface area contributed by atoms with Gasteiger partial charge in [-0.25, -0.2) is 0 Å². The van der Waals surface area contributed by atoms with Gasteiger partial charge < -0.3 is 13.9 Å². The van der Waals surface area contributed by atoms with Gasteiger partial charge >= 0.3 is 0 Å². The van der Waals surface area contributed by atoms with Gasteiger partial charge in [0.2, 0.25) is 0 Å². The van der Waals surface area contributed by atoms with Gasteiger partial charge in [-0.3, -0.25) is 9.59 Å². The molecule has 0 aromatic carbocycles. The fourth-order valence-electron chi connectivity index (χ4n) is 2.58. The molecule has 0 amide bonds. The Balaban J connectivity index is 2.05. The van der Waals surface area contributed by atoms with Crippen LogP contribution in [0.5, 0.6) is 5.95 Å². The molecule has 5 heteroatoms. The Kier molecular flexibility index (Phi) is 2.55. The van der Waals surface area contributed by atoms with Crippen LogP contribution >= 0.6 is 0 Å². The highest BCUT2D eigenvalue weighted by Gasteiger charge is 2.36. The molecule has 1 atom stereocenters. The van der Waals surface area contributed by atoms with Crippen LogP contribution in [-0.2, 0) is 6.42 Å². The maximum Gasteiger partial charge on any atom is 0.294 e. The molecular formula is C14H12O5. The van der Waals surface area contributed by atoms with Gasteiger partial charge in [0, 0.05) is 18.8 Å². The lowest BCUT2D eigenvalue weighted by Crippen LogP contribution is -2.18. The lowest BCUT2D eigenvalue weighted by Gasteiger charge is -2.18. The van der Waals surface area contributed by atoms with E-state index in [1.54, 1.807) is 18.4 Å². The number of carbonyl (C=O) groups is 2. The van der Waals surface area contributed by atoms with Gasteiger partial charge in [0.25, 0.3) is 5.95 Å². The van der Waals surface area contributed by atoms with E-state index in [1.807, 2.05) is 0 Å². The first kappa shape index (κ1) is 11.8. The third kappa shape index (κ3) is 1.78. The molecule has 0 radical (unpaired) electrons. The summed E-state index contributed by atoms with van der Waals surface area (Å²) in [6.45, 7) is 1.30. The summed E-state index contributed by atoms with van der Waals surface area (Å²) in [6.07, 6.45) is 2.24. The van der Waals surface area contributed by atoms with Crippen LogP contribution in [0.4, 0.5) is 0 Å². The Morgan fingerprint density at radius 2 is 2.21 bits per heavy atom. The van der Waals surface area contributed by atoms with Crippen LogP contribution in [0.25, 0.3) is 0 Å². The van der Waals surface area contributed by atoms with Gasteiger partial charge in [-0.05, 0) is 19.1 Å². The Morgan fingerprint density at radius 1 is 1.42 bits per heavy atom. The summed E-state index contributed by atoms with van der Waals surface area (Å²) >= 11 is 0. The molecule has 19 heavy (non-hydrogen) atoms. The van der Waals surface area contributed by atoms with Crippen LogP contribution in [0.1, 0.15) is 51.5 Å². The van der Waals surface area contributed by atoms with Crippen LogP contribution in [0.15, 0.2) is 27.2 Å². The molecule has 1 aliphatic rings. The van der Waals surface area contributed by atoms with E-state index in [0.29, 0.717) is 17.9 Å². The zero-order valence-electron chi connectivity index (χ0n) is 10.3. The molecular weight excluding hydrogens is 248 g/mol. The number of hydrogen-bond donors (Lipinski definition) is 1. The van der Waals surface area contributed by atoms with E-state index in [2.05, 4.69) is 0 Å². The fourth-order valence-corrected chi connectivity index (χ4v) is 2.58. The number of fused-ring (bicyclic) bond motifs is 1. The Labute approximate surface area is 108 Å². The first-order valence-electron chi connectivity index (χ1n) is 6.00. The zero-order valence-corrected chi connectivity index (χ0v) is 10.3. The number of hydrogen-bond acceptors (Lipinski definition) is 5. The lowest BCUT2D eigenvalue weighted by atomic mass is 9.84. The first-order chi connectivity index (χ1) is 9.08. The molecule has 1 N–H and O–H groups in total. The Bertz CT molecular complexity index is 648. The molecule has 1 unspecified atom stereocenters. The molecule has 3 rings (SSSR count). The number of aromatic hydroxyl groups is 1. The molecule has 0 saturated carbocycles. The molecule has 2 heterocycles. The molecule has 0 bridgehead atoms. The van der Waals surface area contributed by atoms with Gasteiger partial charge in [0.05, 0.1) is 11.8 Å². The normalized spacial score (nSPS) is 18.4. The van der Waals surface area contributed by atoms with Crippen molar-refractivity contribution in [3.05, 3.63) is 41.0 Å². The molecule has 0 aliphatic heterocycles. The molecule has 0 fully saturated rings. The van der Waals surface area contributed by atoms with Crippen molar-refractivity contribution >= 4 is 11.6 Å². The summed E-state index contributed by atoms with van der Waals surface area (Å²) < 4.78 is 10.5. The summed E-state index contributed by atoms with van der Waals surface area (Å²) in [5, 5.41) is 9.64. The second-order valence-electron chi connectivity index (χ2n) is 4.68. The predicted octanol–water partition coefficient (Wildman–Crippen LogP) is 2.69. The summed E-state index contributed by atoms with van der Waals surface area (Å²) in [5.74, 6) is -0.0740. The molecule has 0 saturated heterocycles. The highest BCUT2D eigenvalue weighted by Crippen LogP contribution is 2.39. The number of rotatable bonds is 2. The van der Waals surface area contributed by atoms with Gasteiger partial charge in [-0.2, -0.15) is 0 Å². The van der Waals surface area contributed by atoms with Crippen molar-refractivity contribution in [3.8, 4) is 5.95 Å². The zero-order chi connectivity index (χ0) is 13.6. The van der Waals surface area contributed by atoms with Crippen LogP contribution in [-0.4, -0.2) is 16.7 Å². The quantitative estimate of drug-likeness (QED) is 0.839. The molecule has 98 valence electrons. The van der Waals surface area contributed by atoms with E-state index >= 15 is 0 Å². The monoisotopic (exact) mass is 260 g/mol. The number of Topliss-reactive ketones (excluding diaryl/α,β-unsaturated/α-hetero) is 2. The highest BCUT2D eigenvalue weighted by molar-refractivity contribution is 6.10. The first-order valence-corrected chi connectivity index (χ1v) is 6.00. The number of carbonyl (C=O) groups excluding carboxylic acids is 2. The molecule has 1 aliphatic carbocycles. The standard InChI is InChI=1S/C14H12O5/c1-7(15)12-13-9(16)5-8(10-3-2-4-18-10)6-11(13)19-14(12)17/h2-4,8,17H,5-6H2,1H3. The third-order valence-electron chi connectivity index (χ3n) is 3.40. The Morgan fingerprint density at radius 3 is 2.84 bits per heavy atom. The van der Waals surface area contributed by atoms with E-state index in [-0.39, 0.29) is 35.0 Å². The van der Waals surface area contributed by atoms with Crippen molar-refractivity contribution in [1.82, 2.24) is 0 Å². The molecule has 2 aromatic heterocycles. The molecule has 2 aromatic rings.